The van der Waals surface area contributed by atoms with Crippen molar-refractivity contribution in [3.05, 3.63) is 51.8 Å². The third-order valence-corrected chi connectivity index (χ3v) is 4.82. The zero-order chi connectivity index (χ0) is 19.4. The standard InChI is InChI=1S/C17H19ClN6O3/c1-12(16(25)21-15-11-13(24(26)27)3-4-14(15)18)22-7-9-23(10-8-22)17-19-5-2-6-20-17/h2-6,11-12H,7-10H2,1H3,(H,21,25)/t12-/m0/s1. The molecule has 1 amide bonds. The maximum atomic E-state index is 12.6. The lowest BCUT2D eigenvalue weighted by atomic mass is 10.2. The van der Waals surface area contributed by atoms with E-state index >= 15 is 0 Å². The largest absolute Gasteiger partial charge is 0.338 e. The molecule has 0 aliphatic carbocycles. The lowest BCUT2D eigenvalue weighted by Crippen LogP contribution is -2.53. The monoisotopic (exact) mass is 390 g/mol. The van der Waals surface area contributed by atoms with E-state index < -0.39 is 11.0 Å². The van der Waals surface area contributed by atoms with Gasteiger partial charge in [-0.3, -0.25) is 19.8 Å². The Balaban J connectivity index is 1.60. The Kier molecular flexibility index (Phi) is 5.82. The first kappa shape index (κ1) is 19.0. The molecule has 1 fully saturated rings. The molecule has 2 aromatic rings. The number of aromatic nitrogens is 2. The molecule has 1 saturated heterocycles. The van der Waals surface area contributed by atoms with Crippen LogP contribution in [0.1, 0.15) is 6.92 Å². The van der Waals surface area contributed by atoms with Crippen molar-refractivity contribution in [2.45, 2.75) is 13.0 Å². The molecule has 9 nitrogen and oxygen atoms in total. The molecule has 2 heterocycles. The van der Waals surface area contributed by atoms with Crippen LogP contribution in [-0.4, -0.2) is 57.9 Å². The van der Waals surface area contributed by atoms with Crippen molar-refractivity contribution in [2.24, 2.45) is 0 Å². The average molecular weight is 391 g/mol. The molecule has 142 valence electrons. The van der Waals surface area contributed by atoms with E-state index in [1.165, 1.54) is 18.2 Å². The molecule has 10 heteroatoms. The molecule has 1 N–H and O–H groups in total. The summed E-state index contributed by atoms with van der Waals surface area (Å²) in [5.41, 5.74) is 0.109. The molecule has 0 unspecified atom stereocenters. The molecule has 3 rings (SSSR count). The van der Waals surface area contributed by atoms with Crippen LogP contribution in [0.15, 0.2) is 36.7 Å². The lowest BCUT2D eigenvalue weighted by molar-refractivity contribution is -0.384. The molecule has 1 atom stereocenters. The highest BCUT2D eigenvalue weighted by atomic mass is 35.5. The average Bonchev–Trinajstić information content (AvgIpc) is 2.69. The van der Waals surface area contributed by atoms with E-state index in [2.05, 4.69) is 20.2 Å². The van der Waals surface area contributed by atoms with Gasteiger partial charge in [0.25, 0.3) is 5.69 Å². The fraction of sp³-hybridized carbons (Fsp3) is 0.353. The number of halogens is 1. The topological polar surface area (TPSA) is 104 Å². The minimum atomic E-state index is -0.527. The fourth-order valence-corrected chi connectivity index (χ4v) is 3.05. The molecule has 0 radical (unpaired) electrons. The van der Waals surface area contributed by atoms with Gasteiger partial charge in [-0.25, -0.2) is 9.97 Å². The maximum Gasteiger partial charge on any atom is 0.271 e. The zero-order valence-corrected chi connectivity index (χ0v) is 15.5. The van der Waals surface area contributed by atoms with Gasteiger partial charge in [0.05, 0.1) is 21.7 Å². The minimum absolute atomic E-state index is 0.126. The van der Waals surface area contributed by atoms with Gasteiger partial charge in [0, 0.05) is 50.7 Å². The van der Waals surface area contributed by atoms with Crippen LogP contribution < -0.4 is 10.2 Å². The van der Waals surface area contributed by atoms with E-state index in [-0.39, 0.29) is 22.3 Å². The normalized spacial score (nSPS) is 16.0. The van der Waals surface area contributed by atoms with Gasteiger partial charge in [0.1, 0.15) is 0 Å². The van der Waals surface area contributed by atoms with Gasteiger partial charge in [-0.05, 0) is 19.1 Å². The number of amides is 1. The lowest BCUT2D eigenvalue weighted by Gasteiger charge is -2.37. The summed E-state index contributed by atoms with van der Waals surface area (Å²) in [6, 6.07) is 5.33. The van der Waals surface area contributed by atoms with Crippen LogP contribution in [0.3, 0.4) is 0 Å². The smallest absolute Gasteiger partial charge is 0.271 e. The Morgan fingerprint density at radius 2 is 1.93 bits per heavy atom. The van der Waals surface area contributed by atoms with Crippen LogP contribution in [0, 0.1) is 10.1 Å². The molecule has 1 aromatic heterocycles. The first-order valence-corrected chi connectivity index (χ1v) is 8.84. The first-order valence-electron chi connectivity index (χ1n) is 8.46. The highest BCUT2D eigenvalue weighted by molar-refractivity contribution is 6.33. The molecule has 1 aromatic carbocycles. The highest BCUT2D eigenvalue weighted by Crippen LogP contribution is 2.27. The van der Waals surface area contributed by atoms with Gasteiger partial charge in [0.15, 0.2) is 0 Å². The predicted octanol–water partition coefficient (Wildman–Crippen LogP) is 2.19. The molecular formula is C17H19ClN6O3. The third-order valence-electron chi connectivity index (χ3n) is 4.50. The molecular weight excluding hydrogens is 372 g/mol. The van der Waals surface area contributed by atoms with Crippen molar-refractivity contribution in [3.8, 4) is 0 Å². The fourth-order valence-electron chi connectivity index (χ4n) is 2.89. The van der Waals surface area contributed by atoms with Crippen molar-refractivity contribution in [2.75, 3.05) is 36.4 Å². The van der Waals surface area contributed by atoms with E-state index in [1.54, 1.807) is 25.4 Å². The summed E-state index contributed by atoms with van der Waals surface area (Å²) < 4.78 is 0. The number of rotatable bonds is 5. The van der Waals surface area contributed by atoms with Gasteiger partial charge in [-0.2, -0.15) is 0 Å². The van der Waals surface area contributed by atoms with Crippen LogP contribution >= 0.6 is 11.6 Å². The van der Waals surface area contributed by atoms with Gasteiger partial charge in [0.2, 0.25) is 11.9 Å². The molecule has 1 aliphatic heterocycles. The molecule has 1 aliphatic rings. The second kappa shape index (κ2) is 8.28. The van der Waals surface area contributed by atoms with Crippen molar-refractivity contribution in [1.29, 1.82) is 0 Å². The van der Waals surface area contributed by atoms with Crippen molar-refractivity contribution in [1.82, 2.24) is 14.9 Å². The summed E-state index contributed by atoms with van der Waals surface area (Å²) >= 11 is 6.05. The number of piperazine rings is 1. The van der Waals surface area contributed by atoms with Crippen LogP contribution in [-0.2, 0) is 4.79 Å². The number of carbonyl (C=O) groups is 1. The van der Waals surface area contributed by atoms with Crippen molar-refractivity contribution < 1.29 is 9.72 Å². The Bertz CT molecular complexity index is 827. The zero-order valence-electron chi connectivity index (χ0n) is 14.7. The van der Waals surface area contributed by atoms with Crippen LogP contribution in [0.2, 0.25) is 5.02 Å². The molecule has 0 spiro atoms. The predicted molar refractivity (Wildman–Crippen MR) is 102 cm³/mol. The maximum absolute atomic E-state index is 12.6. The molecule has 27 heavy (non-hydrogen) atoms. The summed E-state index contributed by atoms with van der Waals surface area (Å²) in [6.07, 6.45) is 3.40. The Morgan fingerprint density at radius 1 is 1.26 bits per heavy atom. The summed E-state index contributed by atoms with van der Waals surface area (Å²) in [6.45, 7) is 4.57. The quantitative estimate of drug-likeness (QED) is 0.616. The SMILES string of the molecule is C[C@@H](C(=O)Nc1cc([N+](=O)[O-])ccc1Cl)N1CCN(c2ncccn2)CC1. The summed E-state index contributed by atoms with van der Waals surface area (Å²) in [4.78, 5) is 35.6. The number of carbonyl (C=O) groups excluding carboxylic acids is 1. The van der Waals surface area contributed by atoms with Crippen molar-refractivity contribution in [3.63, 3.8) is 0 Å². The summed E-state index contributed by atoms with van der Waals surface area (Å²) in [5, 5.41) is 13.9. The number of nitro benzene ring substituents is 1. The second-order valence-electron chi connectivity index (χ2n) is 6.16. The highest BCUT2D eigenvalue weighted by Gasteiger charge is 2.27. The van der Waals surface area contributed by atoms with Gasteiger partial charge in [-0.15, -0.1) is 0 Å². The minimum Gasteiger partial charge on any atom is -0.338 e. The van der Waals surface area contributed by atoms with E-state index in [9.17, 15) is 14.9 Å². The van der Waals surface area contributed by atoms with Crippen LogP contribution in [0.5, 0.6) is 0 Å². The van der Waals surface area contributed by atoms with Crippen LogP contribution in [0.4, 0.5) is 17.3 Å². The number of nitrogens with zero attached hydrogens (tertiary/aromatic N) is 5. The Labute approximate surface area is 161 Å². The van der Waals surface area contributed by atoms with E-state index in [0.717, 1.165) is 0 Å². The molecule has 0 saturated carbocycles. The number of benzene rings is 1. The third kappa shape index (κ3) is 4.50. The number of anilines is 2. The van der Waals surface area contributed by atoms with Gasteiger partial charge >= 0.3 is 0 Å². The first-order chi connectivity index (χ1) is 13.0. The number of nitro groups is 1. The Morgan fingerprint density at radius 3 is 2.56 bits per heavy atom. The summed E-state index contributed by atoms with van der Waals surface area (Å²) in [5.74, 6) is 0.416. The number of nitrogens with one attached hydrogen (secondary N) is 1. The van der Waals surface area contributed by atoms with Gasteiger partial charge < -0.3 is 10.2 Å². The van der Waals surface area contributed by atoms with E-state index in [0.29, 0.717) is 32.1 Å². The number of non-ortho nitro benzene ring substituents is 1. The number of hydrogen-bond acceptors (Lipinski definition) is 7. The van der Waals surface area contributed by atoms with E-state index in [4.69, 9.17) is 11.6 Å². The molecule has 0 bridgehead atoms. The van der Waals surface area contributed by atoms with Crippen molar-refractivity contribution >= 4 is 34.8 Å². The summed E-state index contributed by atoms with van der Waals surface area (Å²) in [7, 11) is 0. The van der Waals surface area contributed by atoms with Crippen LogP contribution in [0.25, 0.3) is 0 Å². The van der Waals surface area contributed by atoms with E-state index in [1.807, 2.05) is 4.90 Å². The second-order valence-corrected chi connectivity index (χ2v) is 6.57. The van der Waals surface area contributed by atoms with Gasteiger partial charge in [-0.1, -0.05) is 11.6 Å². The number of hydrogen-bond donors (Lipinski definition) is 1. The Hall–Kier alpha value is -2.78.